The predicted octanol–water partition coefficient (Wildman–Crippen LogP) is 4.44. The molecule has 3 aromatic rings. The van der Waals surface area contributed by atoms with Gasteiger partial charge in [0, 0.05) is 5.56 Å². The van der Waals surface area contributed by atoms with Gasteiger partial charge < -0.3 is 9.15 Å². The van der Waals surface area contributed by atoms with Gasteiger partial charge in [-0.25, -0.2) is 9.78 Å². The maximum atomic E-state index is 12.4. The van der Waals surface area contributed by atoms with Gasteiger partial charge in [0.1, 0.15) is 12.0 Å². The number of hydrogen-bond acceptors (Lipinski definition) is 4. The van der Waals surface area contributed by atoms with Crippen LogP contribution in [0.2, 0.25) is 0 Å². The van der Waals surface area contributed by atoms with Crippen LogP contribution in [-0.2, 0) is 12.8 Å². The van der Waals surface area contributed by atoms with Crippen molar-refractivity contribution in [1.82, 2.24) is 4.98 Å². The molecular weight excluding hydrogens is 302 g/mol. The minimum atomic E-state index is -0.486. The number of oxazole rings is 1. The van der Waals surface area contributed by atoms with Crippen molar-refractivity contribution in [1.29, 1.82) is 0 Å². The van der Waals surface area contributed by atoms with Crippen molar-refractivity contribution in [3.05, 3.63) is 71.6 Å². The van der Waals surface area contributed by atoms with Crippen LogP contribution in [0.15, 0.2) is 59.2 Å². The van der Waals surface area contributed by atoms with Crippen LogP contribution in [-0.4, -0.2) is 11.0 Å². The zero-order valence-electron chi connectivity index (χ0n) is 13.2. The molecule has 4 rings (SSSR count). The van der Waals surface area contributed by atoms with E-state index in [1.807, 2.05) is 42.5 Å². The van der Waals surface area contributed by atoms with E-state index in [1.54, 1.807) is 0 Å². The average molecular weight is 319 g/mol. The van der Waals surface area contributed by atoms with Crippen LogP contribution in [0.25, 0.3) is 11.5 Å². The highest BCUT2D eigenvalue weighted by Crippen LogP contribution is 2.30. The maximum absolute atomic E-state index is 12.4. The number of aromatic nitrogens is 1. The van der Waals surface area contributed by atoms with E-state index in [2.05, 4.69) is 11.1 Å². The summed E-state index contributed by atoms with van der Waals surface area (Å²) in [5.74, 6) is 0.569. The van der Waals surface area contributed by atoms with Crippen LogP contribution in [0.4, 0.5) is 0 Å². The van der Waals surface area contributed by atoms with Gasteiger partial charge in [-0.3, -0.25) is 0 Å². The first-order valence-electron chi connectivity index (χ1n) is 8.15. The molecule has 4 heteroatoms. The summed E-state index contributed by atoms with van der Waals surface area (Å²) in [6.07, 6.45) is 5.66. The molecule has 0 atom stereocenters. The smallest absolute Gasteiger partial charge is 0.365 e. The first kappa shape index (κ1) is 14.7. The highest BCUT2D eigenvalue weighted by molar-refractivity contribution is 5.89. The van der Waals surface area contributed by atoms with Gasteiger partial charge in [-0.2, -0.15) is 0 Å². The molecule has 1 aromatic heterocycles. The van der Waals surface area contributed by atoms with Gasteiger partial charge in [-0.1, -0.05) is 30.3 Å². The summed E-state index contributed by atoms with van der Waals surface area (Å²) >= 11 is 0. The van der Waals surface area contributed by atoms with Crippen molar-refractivity contribution in [2.24, 2.45) is 0 Å². The third kappa shape index (κ3) is 2.83. The summed E-state index contributed by atoms with van der Waals surface area (Å²) < 4.78 is 11.0. The highest BCUT2D eigenvalue weighted by Gasteiger charge is 2.19. The fraction of sp³-hybridized carbons (Fsp3) is 0.200. The van der Waals surface area contributed by atoms with Gasteiger partial charge in [0.05, 0.1) is 0 Å². The van der Waals surface area contributed by atoms with E-state index in [9.17, 15) is 4.79 Å². The van der Waals surface area contributed by atoms with E-state index >= 15 is 0 Å². The van der Waals surface area contributed by atoms with Gasteiger partial charge >= 0.3 is 5.97 Å². The van der Waals surface area contributed by atoms with Crippen molar-refractivity contribution in [2.45, 2.75) is 25.7 Å². The molecule has 0 N–H and O–H groups in total. The van der Waals surface area contributed by atoms with Crippen molar-refractivity contribution < 1.29 is 13.9 Å². The SMILES string of the molecule is O=C(Oc1cccc2c1CCCC2)c1coc(-c2ccccc2)n1. The molecule has 0 fully saturated rings. The Balaban J connectivity index is 1.56. The standard InChI is InChI=1S/C20H17NO3/c22-20(17-13-23-19(21-17)15-8-2-1-3-9-15)24-18-12-6-10-14-7-4-5-11-16(14)18/h1-3,6,8-10,12-13H,4-5,7,11H2. The second-order valence-corrected chi connectivity index (χ2v) is 5.89. The Morgan fingerprint density at radius 1 is 1.00 bits per heavy atom. The summed E-state index contributed by atoms with van der Waals surface area (Å²) in [6.45, 7) is 0. The molecule has 0 aliphatic heterocycles. The molecule has 1 aliphatic carbocycles. The lowest BCUT2D eigenvalue weighted by atomic mass is 9.91. The normalized spacial score (nSPS) is 13.3. The molecule has 0 saturated carbocycles. The summed E-state index contributed by atoms with van der Waals surface area (Å²) in [7, 11) is 0. The van der Waals surface area contributed by atoms with Gasteiger partial charge in [0.15, 0.2) is 5.69 Å². The van der Waals surface area contributed by atoms with Crippen molar-refractivity contribution in [3.63, 3.8) is 0 Å². The fourth-order valence-corrected chi connectivity index (χ4v) is 3.07. The van der Waals surface area contributed by atoms with E-state index in [-0.39, 0.29) is 5.69 Å². The molecule has 0 bridgehead atoms. The Morgan fingerprint density at radius 2 is 1.83 bits per heavy atom. The van der Waals surface area contributed by atoms with Gasteiger partial charge in [-0.15, -0.1) is 0 Å². The Kier molecular flexibility index (Phi) is 3.87. The molecular formula is C20H17NO3. The third-order valence-corrected chi connectivity index (χ3v) is 4.29. The lowest BCUT2D eigenvalue weighted by Crippen LogP contribution is -2.12. The number of benzene rings is 2. The van der Waals surface area contributed by atoms with E-state index in [0.717, 1.165) is 30.4 Å². The Bertz CT molecular complexity index is 868. The minimum Gasteiger partial charge on any atom is -0.444 e. The first-order chi connectivity index (χ1) is 11.8. The molecule has 1 aliphatic rings. The van der Waals surface area contributed by atoms with Gasteiger partial charge in [-0.05, 0) is 55.0 Å². The number of fused-ring (bicyclic) bond motifs is 1. The monoisotopic (exact) mass is 319 g/mol. The van der Waals surface area contributed by atoms with Crippen LogP contribution in [0.1, 0.15) is 34.5 Å². The average Bonchev–Trinajstić information content (AvgIpc) is 3.13. The molecule has 2 aromatic carbocycles. The Morgan fingerprint density at radius 3 is 2.71 bits per heavy atom. The number of esters is 1. The molecule has 1 heterocycles. The third-order valence-electron chi connectivity index (χ3n) is 4.29. The molecule has 24 heavy (non-hydrogen) atoms. The van der Waals surface area contributed by atoms with E-state index < -0.39 is 5.97 Å². The molecule has 0 amide bonds. The van der Waals surface area contributed by atoms with E-state index in [4.69, 9.17) is 9.15 Å². The van der Waals surface area contributed by atoms with Crippen LogP contribution in [0, 0.1) is 0 Å². The number of carbonyl (C=O) groups is 1. The van der Waals surface area contributed by atoms with Crippen molar-refractivity contribution in [3.8, 4) is 17.2 Å². The number of nitrogens with zero attached hydrogens (tertiary/aromatic N) is 1. The zero-order valence-corrected chi connectivity index (χ0v) is 13.2. The lowest BCUT2D eigenvalue weighted by molar-refractivity contribution is 0.0726. The summed E-state index contributed by atoms with van der Waals surface area (Å²) in [5.41, 5.74) is 3.43. The van der Waals surface area contributed by atoms with Crippen molar-refractivity contribution in [2.75, 3.05) is 0 Å². The van der Waals surface area contributed by atoms with E-state index in [0.29, 0.717) is 11.6 Å². The number of hydrogen-bond donors (Lipinski definition) is 0. The van der Waals surface area contributed by atoms with Crippen molar-refractivity contribution >= 4 is 5.97 Å². The zero-order chi connectivity index (χ0) is 16.4. The van der Waals surface area contributed by atoms with E-state index in [1.165, 1.54) is 18.2 Å². The highest BCUT2D eigenvalue weighted by atomic mass is 16.5. The number of carbonyl (C=O) groups excluding carboxylic acids is 1. The second-order valence-electron chi connectivity index (χ2n) is 5.89. The van der Waals surface area contributed by atoms with Crippen LogP contribution in [0.3, 0.4) is 0 Å². The first-order valence-corrected chi connectivity index (χ1v) is 8.15. The fourth-order valence-electron chi connectivity index (χ4n) is 3.07. The molecule has 0 spiro atoms. The van der Waals surface area contributed by atoms with Crippen LogP contribution < -0.4 is 4.74 Å². The number of aryl methyl sites for hydroxylation is 1. The number of ether oxygens (including phenoxy) is 1. The summed E-state index contributed by atoms with van der Waals surface area (Å²) in [5, 5.41) is 0. The van der Waals surface area contributed by atoms with Gasteiger partial charge in [0.25, 0.3) is 0 Å². The van der Waals surface area contributed by atoms with Crippen LogP contribution in [0.5, 0.6) is 5.75 Å². The molecule has 4 nitrogen and oxygen atoms in total. The maximum Gasteiger partial charge on any atom is 0.365 e. The topological polar surface area (TPSA) is 52.3 Å². The quantitative estimate of drug-likeness (QED) is 0.529. The molecule has 0 saturated heterocycles. The predicted molar refractivity (Wildman–Crippen MR) is 90.0 cm³/mol. The Hall–Kier alpha value is -2.88. The van der Waals surface area contributed by atoms with Crippen LogP contribution >= 0.6 is 0 Å². The lowest BCUT2D eigenvalue weighted by Gasteiger charge is -2.18. The minimum absolute atomic E-state index is 0.183. The van der Waals surface area contributed by atoms with Gasteiger partial charge in [0.2, 0.25) is 5.89 Å². The molecule has 0 radical (unpaired) electrons. The summed E-state index contributed by atoms with van der Waals surface area (Å²) in [4.78, 5) is 16.6. The number of rotatable bonds is 3. The molecule has 120 valence electrons. The second kappa shape index (κ2) is 6.32. The Labute approximate surface area is 140 Å². The summed E-state index contributed by atoms with van der Waals surface area (Å²) in [6, 6.07) is 15.4. The molecule has 0 unspecified atom stereocenters. The largest absolute Gasteiger partial charge is 0.444 e.